The van der Waals surface area contributed by atoms with Crippen molar-refractivity contribution in [2.75, 3.05) is 6.54 Å². The van der Waals surface area contributed by atoms with E-state index in [2.05, 4.69) is 11.8 Å². The first-order valence-corrected chi connectivity index (χ1v) is 6.81. The van der Waals surface area contributed by atoms with E-state index in [1.165, 1.54) is 19.3 Å². The van der Waals surface area contributed by atoms with Gasteiger partial charge in [0.05, 0.1) is 0 Å². The number of carboxylic acid groups (broad SMARTS) is 1. The summed E-state index contributed by atoms with van der Waals surface area (Å²) in [5, 5.41) is 9.24. The smallest absolute Gasteiger partial charge is 0.323 e. The number of nitrogens with two attached hydrogens (primary N) is 1. The Labute approximate surface area is 103 Å². The van der Waals surface area contributed by atoms with Crippen LogP contribution in [0.4, 0.5) is 0 Å². The molecule has 1 aliphatic heterocycles. The Bertz CT molecular complexity index is 295. The number of carboxylic acids is 1. The van der Waals surface area contributed by atoms with Gasteiger partial charge in [0, 0.05) is 12.1 Å². The average Bonchev–Trinajstić information content (AvgIpc) is 2.29. The van der Waals surface area contributed by atoms with Gasteiger partial charge in [-0.2, -0.15) is 0 Å². The van der Waals surface area contributed by atoms with Gasteiger partial charge in [0.15, 0.2) is 0 Å². The van der Waals surface area contributed by atoms with Crippen LogP contribution in [0.2, 0.25) is 0 Å². The molecule has 0 aromatic rings. The highest BCUT2D eigenvalue weighted by Gasteiger charge is 2.42. The van der Waals surface area contributed by atoms with Crippen molar-refractivity contribution in [3.63, 3.8) is 0 Å². The molecular formula is C13H24N2O2. The molecule has 1 heterocycles. The molecule has 0 amide bonds. The topological polar surface area (TPSA) is 66.6 Å². The van der Waals surface area contributed by atoms with E-state index in [1.54, 1.807) is 0 Å². The van der Waals surface area contributed by atoms with E-state index in [9.17, 15) is 9.90 Å². The second-order valence-corrected chi connectivity index (χ2v) is 5.79. The SMILES string of the molecule is CC1CCCCN1C1CCCC(N)(C(=O)O)C1. The quantitative estimate of drug-likeness (QED) is 0.769. The van der Waals surface area contributed by atoms with Crippen LogP contribution in [-0.2, 0) is 4.79 Å². The van der Waals surface area contributed by atoms with Gasteiger partial charge in [-0.3, -0.25) is 9.69 Å². The Hall–Kier alpha value is -0.610. The van der Waals surface area contributed by atoms with E-state index >= 15 is 0 Å². The second-order valence-electron chi connectivity index (χ2n) is 5.79. The molecule has 4 nitrogen and oxygen atoms in total. The van der Waals surface area contributed by atoms with Gasteiger partial charge >= 0.3 is 5.97 Å². The number of carbonyl (C=O) groups is 1. The van der Waals surface area contributed by atoms with Crippen molar-refractivity contribution in [2.45, 2.75) is 69.5 Å². The number of aliphatic carboxylic acids is 1. The van der Waals surface area contributed by atoms with E-state index in [-0.39, 0.29) is 0 Å². The number of likely N-dealkylation sites (tertiary alicyclic amines) is 1. The lowest BCUT2D eigenvalue weighted by atomic mass is 9.78. The van der Waals surface area contributed by atoms with Gasteiger partial charge in [0.1, 0.15) is 5.54 Å². The van der Waals surface area contributed by atoms with Crippen molar-refractivity contribution in [1.82, 2.24) is 4.90 Å². The Balaban J connectivity index is 2.03. The third kappa shape index (κ3) is 2.63. The summed E-state index contributed by atoms with van der Waals surface area (Å²) in [5.74, 6) is -0.827. The van der Waals surface area contributed by atoms with Gasteiger partial charge in [0.25, 0.3) is 0 Å². The molecule has 0 radical (unpaired) electrons. The molecule has 2 aliphatic rings. The van der Waals surface area contributed by atoms with Gasteiger partial charge in [-0.25, -0.2) is 0 Å². The summed E-state index contributed by atoms with van der Waals surface area (Å²) in [6, 6.07) is 0.963. The largest absolute Gasteiger partial charge is 0.480 e. The third-order valence-electron chi connectivity index (χ3n) is 4.51. The molecule has 0 bridgehead atoms. The van der Waals surface area contributed by atoms with E-state index in [0.29, 0.717) is 24.9 Å². The monoisotopic (exact) mass is 240 g/mol. The number of hydrogen-bond acceptors (Lipinski definition) is 3. The molecule has 3 atom stereocenters. The van der Waals surface area contributed by atoms with Crippen LogP contribution >= 0.6 is 0 Å². The van der Waals surface area contributed by atoms with Crippen molar-refractivity contribution in [3.05, 3.63) is 0 Å². The van der Waals surface area contributed by atoms with Crippen molar-refractivity contribution in [2.24, 2.45) is 5.73 Å². The molecule has 1 saturated carbocycles. The minimum atomic E-state index is -0.986. The molecule has 17 heavy (non-hydrogen) atoms. The zero-order chi connectivity index (χ0) is 12.5. The van der Waals surface area contributed by atoms with Gasteiger partial charge in [-0.1, -0.05) is 6.42 Å². The second kappa shape index (κ2) is 4.94. The summed E-state index contributed by atoms with van der Waals surface area (Å²) in [4.78, 5) is 13.7. The number of piperidine rings is 1. The molecule has 2 fully saturated rings. The number of nitrogens with zero attached hydrogens (tertiary/aromatic N) is 1. The van der Waals surface area contributed by atoms with Crippen molar-refractivity contribution in [3.8, 4) is 0 Å². The maximum absolute atomic E-state index is 11.2. The van der Waals surface area contributed by atoms with Gasteiger partial charge in [0.2, 0.25) is 0 Å². The first-order valence-electron chi connectivity index (χ1n) is 6.81. The zero-order valence-electron chi connectivity index (χ0n) is 10.7. The third-order valence-corrected chi connectivity index (χ3v) is 4.51. The summed E-state index contributed by atoms with van der Waals surface area (Å²) in [6.07, 6.45) is 7.07. The molecule has 1 aliphatic carbocycles. The first kappa shape index (κ1) is 12.8. The molecule has 3 unspecified atom stereocenters. The highest BCUT2D eigenvalue weighted by atomic mass is 16.4. The fourth-order valence-electron chi connectivity index (χ4n) is 3.42. The lowest BCUT2D eigenvalue weighted by Gasteiger charge is -2.45. The first-order chi connectivity index (χ1) is 8.03. The van der Waals surface area contributed by atoms with Crippen LogP contribution in [0.3, 0.4) is 0 Å². The molecule has 0 aromatic carbocycles. The predicted molar refractivity (Wildman–Crippen MR) is 66.8 cm³/mol. The van der Waals surface area contributed by atoms with E-state index in [1.807, 2.05) is 0 Å². The maximum atomic E-state index is 11.2. The summed E-state index contributed by atoms with van der Waals surface area (Å²) < 4.78 is 0. The van der Waals surface area contributed by atoms with Crippen LogP contribution in [0.5, 0.6) is 0 Å². The van der Waals surface area contributed by atoms with Crippen molar-refractivity contribution in [1.29, 1.82) is 0 Å². The fraction of sp³-hybridized carbons (Fsp3) is 0.923. The fourth-order valence-corrected chi connectivity index (χ4v) is 3.42. The Kier molecular flexibility index (Phi) is 3.73. The Morgan fingerprint density at radius 1 is 1.35 bits per heavy atom. The van der Waals surface area contributed by atoms with Gasteiger partial charge in [-0.15, -0.1) is 0 Å². The highest BCUT2D eigenvalue weighted by molar-refractivity contribution is 5.78. The predicted octanol–water partition coefficient (Wildman–Crippen LogP) is 1.59. The molecule has 0 aromatic heterocycles. The molecule has 4 heteroatoms. The van der Waals surface area contributed by atoms with Crippen molar-refractivity contribution >= 4 is 5.97 Å². The number of hydrogen-bond donors (Lipinski definition) is 2. The Morgan fingerprint density at radius 2 is 2.12 bits per heavy atom. The van der Waals surface area contributed by atoms with E-state index < -0.39 is 11.5 Å². The molecule has 2 rings (SSSR count). The zero-order valence-corrected chi connectivity index (χ0v) is 10.7. The minimum Gasteiger partial charge on any atom is -0.480 e. The highest BCUT2D eigenvalue weighted by Crippen LogP contribution is 2.32. The van der Waals surface area contributed by atoms with Gasteiger partial charge < -0.3 is 10.8 Å². The van der Waals surface area contributed by atoms with Crippen LogP contribution < -0.4 is 5.73 Å². The van der Waals surface area contributed by atoms with Crippen LogP contribution in [0.25, 0.3) is 0 Å². The van der Waals surface area contributed by atoms with Crippen molar-refractivity contribution < 1.29 is 9.90 Å². The number of rotatable bonds is 2. The van der Waals surface area contributed by atoms with Crippen LogP contribution in [-0.4, -0.2) is 40.1 Å². The Morgan fingerprint density at radius 3 is 2.76 bits per heavy atom. The molecule has 98 valence electrons. The lowest BCUT2D eigenvalue weighted by molar-refractivity contribution is -0.145. The summed E-state index contributed by atoms with van der Waals surface area (Å²) in [5.41, 5.74) is 5.03. The normalized spacial score (nSPS) is 40.1. The van der Waals surface area contributed by atoms with Gasteiger partial charge in [-0.05, 0) is 52.0 Å². The molecular weight excluding hydrogens is 216 g/mol. The maximum Gasteiger partial charge on any atom is 0.323 e. The standard InChI is InChI=1S/C13H24N2O2/c1-10-5-2-3-8-15(10)11-6-4-7-13(14,9-11)12(16)17/h10-11H,2-9,14H2,1H3,(H,16,17). The van der Waals surface area contributed by atoms with E-state index in [4.69, 9.17) is 5.73 Å². The summed E-state index contributed by atoms with van der Waals surface area (Å²) in [7, 11) is 0. The minimum absolute atomic E-state index is 0.375. The van der Waals surface area contributed by atoms with Crippen LogP contribution in [0.1, 0.15) is 51.9 Å². The molecule has 1 saturated heterocycles. The lowest BCUT2D eigenvalue weighted by Crippen LogP contribution is -2.57. The van der Waals surface area contributed by atoms with Crippen LogP contribution in [0, 0.1) is 0 Å². The van der Waals surface area contributed by atoms with Crippen LogP contribution in [0.15, 0.2) is 0 Å². The molecule has 3 N–H and O–H groups in total. The van der Waals surface area contributed by atoms with E-state index in [0.717, 1.165) is 19.4 Å². The summed E-state index contributed by atoms with van der Waals surface area (Å²) >= 11 is 0. The average molecular weight is 240 g/mol. The molecule has 0 spiro atoms. The summed E-state index contributed by atoms with van der Waals surface area (Å²) in [6.45, 7) is 3.37.